The zero-order chi connectivity index (χ0) is 12.6. The van der Waals surface area contributed by atoms with E-state index in [1.165, 1.54) is 5.56 Å². The molecule has 0 bridgehead atoms. The van der Waals surface area contributed by atoms with Crippen LogP contribution in [0.2, 0.25) is 0 Å². The number of nitrogens with two attached hydrogens (primary N) is 1. The Kier molecular flexibility index (Phi) is 2.69. The minimum atomic E-state index is -0.0820. The molecule has 0 saturated heterocycles. The van der Waals surface area contributed by atoms with Crippen molar-refractivity contribution in [2.45, 2.75) is 33.1 Å². The van der Waals surface area contributed by atoms with Crippen molar-refractivity contribution in [3.63, 3.8) is 0 Å². The van der Waals surface area contributed by atoms with Crippen LogP contribution in [0.15, 0.2) is 28.8 Å². The first-order valence-corrected chi connectivity index (χ1v) is 5.72. The van der Waals surface area contributed by atoms with Gasteiger partial charge in [-0.1, -0.05) is 55.8 Å². The van der Waals surface area contributed by atoms with Crippen LogP contribution in [0, 0.1) is 6.92 Å². The van der Waals surface area contributed by atoms with E-state index in [0.29, 0.717) is 5.88 Å². The molecule has 3 heteroatoms. The Morgan fingerprint density at radius 1 is 1.12 bits per heavy atom. The minimum Gasteiger partial charge on any atom is -0.367 e. The van der Waals surface area contributed by atoms with Gasteiger partial charge in [-0.2, -0.15) is 0 Å². The van der Waals surface area contributed by atoms with Gasteiger partial charge in [-0.25, -0.2) is 0 Å². The van der Waals surface area contributed by atoms with Gasteiger partial charge in [-0.05, 0) is 12.5 Å². The molecule has 90 valence electrons. The molecule has 2 N–H and O–H groups in total. The third kappa shape index (κ3) is 2.18. The van der Waals surface area contributed by atoms with Gasteiger partial charge in [0.1, 0.15) is 0 Å². The van der Waals surface area contributed by atoms with E-state index in [0.717, 1.165) is 16.8 Å². The average molecular weight is 230 g/mol. The highest BCUT2D eigenvalue weighted by atomic mass is 16.5. The predicted molar refractivity (Wildman–Crippen MR) is 69.8 cm³/mol. The number of rotatable bonds is 1. The molecular weight excluding hydrogens is 212 g/mol. The fraction of sp³-hybridized carbons (Fsp3) is 0.357. The summed E-state index contributed by atoms with van der Waals surface area (Å²) in [6.45, 7) is 8.36. The van der Waals surface area contributed by atoms with Crippen molar-refractivity contribution in [2.75, 3.05) is 5.73 Å². The summed E-state index contributed by atoms with van der Waals surface area (Å²) in [6, 6.07) is 8.23. The minimum absolute atomic E-state index is 0.0820. The molecule has 0 atom stereocenters. The third-order valence-electron chi connectivity index (χ3n) is 2.77. The Hall–Kier alpha value is -1.77. The summed E-state index contributed by atoms with van der Waals surface area (Å²) in [6.07, 6.45) is 0. The Balaban J connectivity index is 2.59. The zero-order valence-corrected chi connectivity index (χ0v) is 10.7. The molecule has 0 aliphatic carbocycles. The molecule has 1 aromatic carbocycles. The number of benzene rings is 1. The van der Waals surface area contributed by atoms with Crippen molar-refractivity contribution in [3.05, 3.63) is 35.5 Å². The first-order valence-electron chi connectivity index (χ1n) is 5.72. The maximum Gasteiger partial charge on any atom is 0.230 e. The first-order chi connectivity index (χ1) is 7.89. The fourth-order valence-electron chi connectivity index (χ4n) is 1.81. The Bertz CT molecular complexity index is 518. The van der Waals surface area contributed by atoms with Crippen LogP contribution in [0.4, 0.5) is 5.88 Å². The Morgan fingerprint density at radius 3 is 2.24 bits per heavy atom. The first kappa shape index (κ1) is 11.7. The summed E-state index contributed by atoms with van der Waals surface area (Å²) < 4.78 is 5.13. The second-order valence-electron chi connectivity index (χ2n) is 5.39. The van der Waals surface area contributed by atoms with Gasteiger partial charge in [-0.3, -0.25) is 0 Å². The SMILES string of the molecule is Cc1ccc(-c2c(C(C)(C)C)noc2N)cc1. The number of nitrogen functional groups attached to an aromatic ring is 1. The fourth-order valence-corrected chi connectivity index (χ4v) is 1.81. The van der Waals surface area contributed by atoms with Crippen LogP contribution in [0.5, 0.6) is 0 Å². The van der Waals surface area contributed by atoms with Gasteiger partial charge in [0.25, 0.3) is 0 Å². The number of aryl methyl sites for hydroxylation is 1. The maximum absolute atomic E-state index is 5.88. The number of hydrogen-bond acceptors (Lipinski definition) is 3. The highest BCUT2D eigenvalue weighted by molar-refractivity contribution is 5.76. The standard InChI is InChI=1S/C14H18N2O/c1-9-5-7-10(8-6-9)11-12(14(2,3)4)16-17-13(11)15/h5-8H,15H2,1-4H3. The summed E-state index contributed by atoms with van der Waals surface area (Å²) in [7, 11) is 0. The van der Waals surface area contributed by atoms with E-state index in [9.17, 15) is 0 Å². The molecule has 2 aromatic rings. The molecule has 0 aliphatic heterocycles. The summed E-state index contributed by atoms with van der Waals surface area (Å²) in [5.74, 6) is 0.388. The lowest BCUT2D eigenvalue weighted by Gasteiger charge is -2.16. The van der Waals surface area contributed by atoms with Crippen molar-refractivity contribution in [2.24, 2.45) is 0 Å². The van der Waals surface area contributed by atoms with Crippen LogP contribution < -0.4 is 5.73 Å². The van der Waals surface area contributed by atoms with Crippen LogP contribution in [0.25, 0.3) is 11.1 Å². The van der Waals surface area contributed by atoms with Gasteiger partial charge in [0.05, 0.1) is 11.3 Å². The molecular formula is C14H18N2O. The van der Waals surface area contributed by atoms with Crippen LogP contribution in [0.1, 0.15) is 32.0 Å². The molecule has 0 amide bonds. The van der Waals surface area contributed by atoms with E-state index in [4.69, 9.17) is 10.3 Å². The largest absolute Gasteiger partial charge is 0.367 e. The Labute approximate surface area is 102 Å². The Morgan fingerprint density at radius 2 is 1.71 bits per heavy atom. The number of aromatic nitrogens is 1. The highest BCUT2D eigenvalue weighted by Gasteiger charge is 2.25. The van der Waals surface area contributed by atoms with Crippen LogP contribution in [0.3, 0.4) is 0 Å². The average Bonchev–Trinajstić information content (AvgIpc) is 2.61. The smallest absolute Gasteiger partial charge is 0.230 e. The van der Waals surface area contributed by atoms with Crippen LogP contribution >= 0.6 is 0 Å². The molecule has 0 aliphatic rings. The van der Waals surface area contributed by atoms with Gasteiger partial charge in [-0.15, -0.1) is 0 Å². The van der Waals surface area contributed by atoms with Gasteiger partial charge in [0.2, 0.25) is 5.88 Å². The van der Waals surface area contributed by atoms with E-state index in [-0.39, 0.29) is 5.41 Å². The molecule has 3 nitrogen and oxygen atoms in total. The normalized spacial score (nSPS) is 11.8. The second kappa shape index (κ2) is 3.91. The van der Waals surface area contributed by atoms with E-state index in [1.807, 2.05) is 12.1 Å². The summed E-state index contributed by atoms with van der Waals surface area (Å²) in [4.78, 5) is 0. The zero-order valence-electron chi connectivity index (χ0n) is 10.7. The summed E-state index contributed by atoms with van der Waals surface area (Å²) >= 11 is 0. The molecule has 0 radical (unpaired) electrons. The molecule has 17 heavy (non-hydrogen) atoms. The maximum atomic E-state index is 5.88. The number of hydrogen-bond donors (Lipinski definition) is 1. The molecule has 0 spiro atoms. The number of anilines is 1. The lowest BCUT2D eigenvalue weighted by molar-refractivity contribution is 0.405. The second-order valence-corrected chi connectivity index (χ2v) is 5.39. The van der Waals surface area contributed by atoms with E-state index in [1.54, 1.807) is 0 Å². The van der Waals surface area contributed by atoms with Crippen molar-refractivity contribution in [3.8, 4) is 11.1 Å². The molecule has 1 heterocycles. The van der Waals surface area contributed by atoms with Gasteiger partial charge < -0.3 is 10.3 Å². The lowest BCUT2D eigenvalue weighted by atomic mass is 9.87. The third-order valence-corrected chi connectivity index (χ3v) is 2.77. The van der Waals surface area contributed by atoms with Gasteiger partial charge in [0, 0.05) is 5.41 Å². The monoisotopic (exact) mass is 230 g/mol. The van der Waals surface area contributed by atoms with Crippen molar-refractivity contribution in [1.82, 2.24) is 5.16 Å². The van der Waals surface area contributed by atoms with Crippen molar-refractivity contribution < 1.29 is 4.52 Å². The van der Waals surface area contributed by atoms with Crippen molar-refractivity contribution >= 4 is 5.88 Å². The lowest BCUT2D eigenvalue weighted by Crippen LogP contribution is -2.13. The molecule has 1 aromatic heterocycles. The molecule has 0 fully saturated rings. The van der Waals surface area contributed by atoms with Gasteiger partial charge >= 0.3 is 0 Å². The van der Waals surface area contributed by atoms with Crippen LogP contribution in [-0.2, 0) is 5.41 Å². The van der Waals surface area contributed by atoms with E-state index in [2.05, 4.69) is 45.0 Å². The van der Waals surface area contributed by atoms with Crippen LogP contribution in [-0.4, -0.2) is 5.16 Å². The number of nitrogens with zero attached hydrogens (tertiary/aromatic N) is 1. The summed E-state index contributed by atoms with van der Waals surface area (Å²) in [5.41, 5.74) is 9.89. The highest BCUT2D eigenvalue weighted by Crippen LogP contribution is 2.36. The molecule has 0 saturated carbocycles. The van der Waals surface area contributed by atoms with E-state index >= 15 is 0 Å². The molecule has 2 rings (SSSR count). The summed E-state index contributed by atoms with van der Waals surface area (Å²) in [5, 5.41) is 4.09. The molecule has 0 unspecified atom stereocenters. The topological polar surface area (TPSA) is 52.0 Å². The van der Waals surface area contributed by atoms with Crippen molar-refractivity contribution in [1.29, 1.82) is 0 Å². The predicted octanol–water partition coefficient (Wildman–Crippen LogP) is 3.53. The quantitative estimate of drug-likeness (QED) is 0.815. The van der Waals surface area contributed by atoms with E-state index < -0.39 is 0 Å². The van der Waals surface area contributed by atoms with Gasteiger partial charge in [0.15, 0.2) is 0 Å².